The van der Waals surface area contributed by atoms with Gasteiger partial charge < -0.3 is 10.1 Å². The lowest BCUT2D eigenvalue weighted by Crippen LogP contribution is -2.13. The normalized spacial score (nSPS) is 10.8. The second-order valence-electron chi connectivity index (χ2n) is 6.50. The van der Waals surface area contributed by atoms with Crippen molar-refractivity contribution in [1.82, 2.24) is 20.0 Å². The highest BCUT2D eigenvalue weighted by molar-refractivity contribution is 6.33. The third-order valence-electron chi connectivity index (χ3n) is 4.39. The first-order valence-electron chi connectivity index (χ1n) is 9.00. The number of aromatic amines is 1. The van der Waals surface area contributed by atoms with E-state index in [-0.39, 0.29) is 22.4 Å². The number of hydrogen-bond donors (Lipinski definition) is 2. The zero-order valence-electron chi connectivity index (χ0n) is 15.9. The lowest BCUT2D eigenvalue weighted by molar-refractivity contribution is 0.102. The summed E-state index contributed by atoms with van der Waals surface area (Å²) in [5.74, 6) is 0.181. The molecule has 0 saturated heterocycles. The minimum Gasteiger partial charge on any atom is -0.497 e. The van der Waals surface area contributed by atoms with Gasteiger partial charge in [0.1, 0.15) is 22.3 Å². The van der Waals surface area contributed by atoms with Crippen LogP contribution in [0, 0.1) is 5.82 Å². The van der Waals surface area contributed by atoms with Gasteiger partial charge in [-0.1, -0.05) is 23.7 Å². The first-order chi connectivity index (χ1) is 14.5. The van der Waals surface area contributed by atoms with E-state index in [1.165, 1.54) is 16.8 Å². The number of benzene rings is 2. The number of rotatable bonds is 6. The van der Waals surface area contributed by atoms with Crippen molar-refractivity contribution in [3.63, 3.8) is 0 Å². The summed E-state index contributed by atoms with van der Waals surface area (Å²) in [6.07, 6.45) is 1.57. The Labute approximate surface area is 176 Å². The molecule has 2 aromatic heterocycles. The van der Waals surface area contributed by atoms with Crippen molar-refractivity contribution in [3.05, 3.63) is 82.9 Å². The van der Waals surface area contributed by atoms with Crippen LogP contribution in [0.2, 0.25) is 5.02 Å². The third kappa shape index (κ3) is 4.33. The summed E-state index contributed by atoms with van der Waals surface area (Å²) >= 11 is 6.19. The van der Waals surface area contributed by atoms with Crippen molar-refractivity contribution in [1.29, 1.82) is 0 Å². The largest absolute Gasteiger partial charge is 0.497 e. The number of methoxy groups -OCH3 is 1. The van der Waals surface area contributed by atoms with Crippen molar-refractivity contribution in [2.24, 2.45) is 0 Å². The number of halogens is 2. The predicted molar refractivity (Wildman–Crippen MR) is 111 cm³/mol. The van der Waals surface area contributed by atoms with Crippen molar-refractivity contribution >= 4 is 23.3 Å². The molecule has 0 radical (unpaired) electrons. The molecule has 2 N–H and O–H groups in total. The van der Waals surface area contributed by atoms with Gasteiger partial charge in [-0.05, 0) is 48.0 Å². The summed E-state index contributed by atoms with van der Waals surface area (Å²) in [6.45, 7) is 0.318. The molecule has 7 nitrogen and oxygen atoms in total. The molecule has 0 unspecified atom stereocenters. The molecular formula is C21H17ClFN5O2. The second kappa shape index (κ2) is 8.38. The van der Waals surface area contributed by atoms with Crippen molar-refractivity contribution < 1.29 is 13.9 Å². The van der Waals surface area contributed by atoms with Crippen LogP contribution in [-0.4, -0.2) is 33.0 Å². The molecule has 0 fully saturated rings. The van der Waals surface area contributed by atoms with Crippen molar-refractivity contribution in [2.75, 3.05) is 12.4 Å². The van der Waals surface area contributed by atoms with Gasteiger partial charge in [-0.25, -0.2) is 4.39 Å². The van der Waals surface area contributed by atoms with Gasteiger partial charge in [0.05, 0.1) is 19.3 Å². The fraction of sp³-hybridized carbons (Fsp3) is 0.0952. The molecule has 0 atom stereocenters. The topological polar surface area (TPSA) is 84.8 Å². The smallest absolute Gasteiger partial charge is 0.274 e. The van der Waals surface area contributed by atoms with E-state index in [9.17, 15) is 9.18 Å². The summed E-state index contributed by atoms with van der Waals surface area (Å²) < 4.78 is 20.0. The highest BCUT2D eigenvalue weighted by atomic mass is 35.5. The van der Waals surface area contributed by atoms with Crippen molar-refractivity contribution in [3.8, 4) is 17.0 Å². The maximum atomic E-state index is 13.3. The van der Waals surface area contributed by atoms with E-state index in [0.717, 1.165) is 16.9 Å². The van der Waals surface area contributed by atoms with Gasteiger partial charge in [0.15, 0.2) is 5.82 Å². The summed E-state index contributed by atoms with van der Waals surface area (Å²) in [4.78, 5) is 12.6. The second-order valence-corrected chi connectivity index (χ2v) is 6.91. The van der Waals surface area contributed by atoms with Crippen molar-refractivity contribution in [2.45, 2.75) is 6.54 Å². The SMILES string of the molecule is COc1ccc(-c2cc(C(=O)Nc3nn(Cc4cccc(F)c4)cc3Cl)[nH]n2)cc1. The first-order valence-corrected chi connectivity index (χ1v) is 9.38. The molecule has 0 bridgehead atoms. The van der Waals surface area contributed by atoms with Gasteiger partial charge in [-0.15, -0.1) is 0 Å². The molecule has 0 saturated carbocycles. The number of amides is 1. The number of aromatic nitrogens is 4. The van der Waals surface area contributed by atoms with Gasteiger partial charge in [0.25, 0.3) is 5.91 Å². The highest BCUT2D eigenvalue weighted by Crippen LogP contribution is 2.23. The van der Waals surface area contributed by atoms with Crippen LogP contribution in [-0.2, 0) is 6.54 Å². The van der Waals surface area contributed by atoms with Crippen LogP contribution in [0.5, 0.6) is 5.75 Å². The molecule has 4 rings (SSSR count). The monoisotopic (exact) mass is 425 g/mol. The van der Waals surface area contributed by atoms with E-state index in [4.69, 9.17) is 16.3 Å². The summed E-state index contributed by atoms with van der Waals surface area (Å²) in [5.41, 5.74) is 2.44. The van der Waals surface area contributed by atoms with Gasteiger partial charge >= 0.3 is 0 Å². The van der Waals surface area contributed by atoms with E-state index in [1.54, 1.807) is 31.5 Å². The van der Waals surface area contributed by atoms with Crippen LogP contribution in [0.15, 0.2) is 60.8 Å². The molecule has 0 aliphatic carbocycles. The summed E-state index contributed by atoms with van der Waals surface area (Å²) in [6, 6.07) is 15.1. The molecular weight excluding hydrogens is 409 g/mol. The van der Waals surface area contributed by atoms with Gasteiger partial charge in [0, 0.05) is 11.8 Å². The lowest BCUT2D eigenvalue weighted by atomic mass is 10.1. The zero-order chi connectivity index (χ0) is 21.1. The Morgan fingerprint density at radius 3 is 2.77 bits per heavy atom. The molecule has 0 aliphatic heterocycles. The zero-order valence-corrected chi connectivity index (χ0v) is 16.7. The number of hydrogen-bond acceptors (Lipinski definition) is 4. The van der Waals surface area contributed by atoms with Crippen LogP contribution in [0.3, 0.4) is 0 Å². The molecule has 2 aromatic carbocycles. The molecule has 9 heteroatoms. The molecule has 1 amide bonds. The lowest BCUT2D eigenvalue weighted by Gasteiger charge is -2.02. The molecule has 0 aliphatic rings. The summed E-state index contributed by atoms with van der Waals surface area (Å²) in [7, 11) is 1.59. The average Bonchev–Trinajstić information content (AvgIpc) is 3.35. The van der Waals surface area contributed by atoms with E-state index in [2.05, 4.69) is 20.6 Å². The van der Waals surface area contributed by atoms with E-state index in [1.807, 2.05) is 24.3 Å². The number of nitrogens with one attached hydrogen (secondary N) is 2. The van der Waals surface area contributed by atoms with Gasteiger partial charge in [-0.3, -0.25) is 14.6 Å². The standard InChI is InChI=1S/C21H17ClFN5O2/c1-30-16-7-5-14(6-8-16)18-10-19(26-25-18)21(29)24-20-17(22)12-28(27-20)11-13-3-2-4-15(23)9-13/h2-10,12H,11H2,1H3,(H,25,26)(H,24,27,29). The van der Waals surface area contributed by atoms with Crippen LogP contribution >= 0.6 is 11.6 Å². The summed E-state index contributed by atoms with van der Waals surface area (Å²) in [5, 5.41) is 14.1. The fourth-order valence-corrected chi connectivity index (χ4v) is 3.11. The minimum absolute atomic E-state index is 0.207. The van der Waals surface area contributed by atoms with Crippen LogP contribution in [0.25, 0.3) is 11.3 Å². The fourth-order valence-electron chi connectivity index (χ4n) is 2.91. The van der Waals surface area contributed by atoms with Gasteiger partial charge in [0.2, 0.25) is 0 Å². The Bertz CT molecular complexity index is 1190. The maximum Gasteiger partial charge on any atom is 0.274 e. The molecule has 152 valence electrons. The number of H-pyrrole nitrogens is 1. The quantitative estimate of drug-likeness (QED) is 0.480. The Morgan fingerprint density at radius 1 is 1.23 bits per heavy atom. The number of nitrogens with zero attached hydrogens (tertiary/aromatic N) is 3. The Morgan fingerprint density at radius 2 is 2.03 bits per heavy atom. The van der Waals surface area contributed by atoms with E-state index < -0.39 is 5.91 Å². The predicted octanol–water partition coefficient (Wildman–Crippen LogP) is 4.37. The molecule has 4 aromatic rings. The van der Waals surface area contributed by atoms with Crippen LogP contribution < -0.4 is 10.1 Å². The highest BCUT2D eigenvalue weighted by Gasteiger charge is 2.15. The Balaban J connectivity index is 1.46. The molecule has 2 heterocycles. The number of carbonyl (C=O) groups excluding carboxylic acids is 1. The first kappa shape index (κ1) is 19.7. The minimum atomic E-state index is -0.430. The number of anilines is 1. The Kier molecular flexibility index (Phi) is 5.49. The van der Waals surface area contributed by atoms with Crippen LogP contribution in [0.1, 0.15) is 16.1 Å². The van der Waals surface area contributed by atoms with E-state index in [0.29, 0.717) is 12.2 Å². The van der Waals surface area contributed by atoms with E-state index >= 15 is 0 Å². The van der Waals surface area contributed by atoms with Crippen LogP contribution in [0.4, 0.5) is 10.2 Å². The average molecular weight is 426 g/mol. The number of carbonyl (C=O) groups is 1. The molecule has 0 spiro atoms. The Hall–Kier alpha value is -3.65. The number of ether oxygens (including phenoxy) is 1. The third-order valence-corrected chi connectivity index (χ3v) is 4.67. The maximum absolute atomic E-state index is 13.3. The van der Waals surface area contributed by atoms with Gasteiger partial charge in [-0.2, -0.15) is 10.2 Å². The molecule has 30 heavy (non-hydrogen) atoms.